The van der Waals surface area contributed by atoms with E-state index in [1.807, 2.05) is 0 Å². The number of nitro groups is 1. The SMILES string of the molecule is O=C1CCC(=O)N1C(c1ccccc1Br)C(Cl)(Cl)[N+](=O)[O-]. The lowest BCUT2D eigenvalue weighted by Crippen LogP contribution is -2.46. The molecule has 1 fully saturated rings. The number of hydrogen-bond acceptors (Lipinski definition) is 4. The van der Waals surface area contributed by atoms with Crippen LogP contribution in [0.1, 0.15) is 24.4 Å². The molecular weight excluding hydrogens is 387 g/mol. The monoisotopic (exact) mass is 394 g/mol. The van der Waals surface area contributed by atoms with Crippen LogP contribution in [0.3, 0.4) is 0 Å². The van der Waals surface area contributed by atoms with Crippen molar-refractivity contribution in [1.82, 2.24) is 4.90 Å². The van der Waals surface area contributed by atoms with Crippen LogP contribution in [-0.4, -0.2) is 26.1 Å². The number of likely N-dealkylation sites (tertiary alicyclic amines) is 1. The smallest absolute Gasteiger partial charge is 0.274 e. The van der Waals surface area contributed by atoms with Gasteiger partial charge < -0.3 is 0 Å². The second-order valence-corrected chi connectivity index (χ2v) is 6.63. The maximum Gasteiger partial charge on any atom is 0.395 e. The van der Waals surface area contributed by atoms with Crippen LogP contribution in [0.25, 0.3) is 0 Å². The third kappa shape index (κ3) is 2.90. The third-order valence-corrected chi connectivity index (χ3v) is 4.53. The molecule has 2 amide bonds. The Kier molecular flexibility index (Phi) is 4.55. The van der Waals surface area contributed by atoms with Crippen LogP contribution in [0, 0.1) is 10.1 Å². The minimum atomic E-state index is -2.54. The number of benzene rings is 1. The maximum atomic E-state index is 11.9. The summed E-state index contributed by atoms with van der Waals surface area (Å²) >= 11 is 14.9. The van der Waals surface area contributed by atoms with Crippen molar-refractivity contribution in [2.75, 3.05) is 0 Å². The predicted octanol–water partition coefficient (Wildman–Crippen LogP) is 3.05. The number of halogens is 3. The number of carbonyl (C=O) groups excluding carboxylic acids is 2. The Morgan fingerprint density at radius 2 is 1.76 bits per heavy atom. The zero-order valence-electron chi connectivity index (χ0n) is 10.5. The zero-order valence-corrected chi connectivity index (χ0v) is 13.6. The van der Waals surface area contributed by atoms with Gasteiger partial charge >= 0.3 is 4.46 Å². The summed E-state index contributed by atoms with van der Waals surface area (Å²) in [7, 11) is 0. The second-order valence-electron chi connectivity index (χ2n) is 4.43. The molecule has 0 aromatic heterocycles. The maximum absolute atomic E-state index is 11.9. The molecule has 1 aromatic carbocycles. The van der Waals surface area contributed by atoms with E-state index in [2.05, 4.69) is 15.9 Å². The molecule has 1 heterocycles. The van der Waals surface area contributed by atoms with Crippen molar-refractivity contribution < 1.29 is 14.5 Å². The molecule has 0 N–H and O–H groups in total. The average Bonchev–Trinajstić information content (AvgIpc) is 2.73. The molecule has 1 aliphatic rings. The van der Waals surface area contributed by atoms with Gasteiger partial charge in [-0.1, -0.05) is 34.1 Å². The summed E-state index contributed by atoms with van der Waals surface area (Å²) < 4.78 is -2.07. The lowest BCUT2D eigenvalue weighted by Gasteiger charge is -2.30. The van der Waals surface area contributed by atoms with Crippen LogP contribution < -0.4 is 0 Å². The molecule has 1 aliphatic heterocycles. The molecule has 9 heteroatoms. The standard InChI is InChI=1S/C12H9BrCl2N2O4/c13-8-4-2-1-3-7(8)11(12(14,15)17(20)21)16-9(18)5-6-10(16)19/h1-4,11H,5-6H2. The predicted molar refractivity (Wildman–Crippen MR) is 79.4 cm³/mol. The molecule has 112 valence electrons. The highest BCUT2D eigenvalue weighted by molar-refractivity contribution is 9.10. The van der Waals surface area contributed by atoms with Gasteiger partial charge in [0.1, 0.15) is 0 Å². The molecular formula is C12H9BrCl2N2O4. The van der Waals surface area contributed by atoms with E-state index >= 15 is 0 Å². The van der Waals surface area contributed by atoms with Crippen molar-refractivity contribution >= 4 is 50.9 Å². The summed E-state index contributed by atoms with van der Waals surface area (Å²) in [5.74, 6) is -1.07. The third-order valence-electron chi connectivity index (χ3n) is 3.12. The summed E-state index contributed by atoms with van der Waals surface area (Å²) in [6, 6.07) is 5.04. The van der Waals surface area contributed by atoms with Gasteiger partial charge in [0.05, 0.1) is 4.92 Å². The van der Waals surface area contributed by atoms with Crippen LogP contribution in [-0.2, 0) is 9.59 Å². The number of rotatable bonds is 4. The molecule has 6 nitrogen and oxygen atoms in total. The van der Waals surface area contributed by atoms with Gasteiger partial charge in [0.15, 0.2) is 6.04 Å². The van der Waals surface area contributed by atoms with E-state index in [0.717, 1.165) is 4.90 Å². The second kappa shape index (κ2) is 5.90. The fourth-order valence-corrected chi connectivity index (χ4v) is 3.09. The van der Waals surface area contributed by atoms with Gasteiger partial charge in [-0.25, -0.2) is 0 Å². The van der Waals surface area contributed by atoms with Gasteiger partial charge in [0.25, 0.3) is 0 Å². The molecule has 1 saturated heterocycles. The van der Waals surface area contributed by atoms with Crippen molar-refractivity contribution in [2.45, 2.75) is 23.3 Å². The topological polar surface area (TPSA) is 80.5 Å². The molecule has 1 aromatic rings. The van der Waals surface area contributed by atoms with Gasteiger partial charge in [-0.2, -0.15) is 0 Å². The van der Waals surface area contributed by atoms with E-state index in [4.69, 9.17) is 23.2 Å². The first-order valence-electron chi connectivity index (χ1n) is 5.88. The lowest BCUT2D eigenvalue weighted by molar-refractivity contribution is -0.523. The number of nitrogens with zero attached hydrogens (tertiary/aromatic N) is 2. The molecule has 1 unspecified atom stereocenters. The first-order chi connectivity index (χ1) is 9.76. The summed E-state index contributed by atoms with van der Waals surface area (Å²) in [5.41, 5.74) is 0.294. The zero-order chi connectivity index (χ0) is 15.8. The minimum absolute atomic E-state index is 0.0125. The van der Waals surface area contributed by atoms with Crippen molar-refractivity contribution in [3.8, 4) is 0 Å². The van der Waals surface area contributed by atoms with Gasteiger partial charge in [-0.3, -0.25) is 24.6 Å². The van der Waals surface area contributed by atoms with Gasteiger partial charge in [-0.05, 0) is 34.8 Å². The summed E-state index contributed by atoms with van der Waals surface area (Å²) in [6.07, 6.45) is -0.0251. The van der Waals surface area contributed by atoms with E-state index in [1.54, 1.807) is 18.2 Å². The first-order valence-corrected chi connectivity index (χ1v) is 7.43. The van der Waals surface area contributed by atoms with Crippen LogP contribution in [0.2, 0.25) is 0 Å². The van der Waals surface area contributed by atoms with Gasteiger partial charge in [0, 0.05) is 17.3 Å². The average molecular weight is 396 g/mol. The summed E-state index contributed by atoms with van der Waals surface area (Å²) in [4.78, 5) is 34.9. The van der Waals surface area contributed by atoms with Crippen LogP contribution in [0.5, 0.6) is 0 Å². The Morgan fingerprint density at radius 1 is 1.24 bits per heavy atom. The highest BCUT2D eigenvalue weighted by atomic mass is 79.9. The molecule has 0 radical (unpaired) electrons. The molecule has 1 atom stereocenters. The van der Waals surface area contributed by atoms with Crippen molar-refractivity contribution in [1.29, 1.82) is 0 Å². The highest BCUT2D eigenvalue weighted by Gasteiger charge is 2.56. The number of amides is 2. The van der Waals surface area contributed by atoms with E-state index in [-0.39, 0.29) is 12.8 Å². The fourth-order valence-electron chi connectivity index (χ4n) is 2.16. The van der Waals surface area contributed by atoms with Gasteiger partial charge in [-0.15, -0.1) is 0 Å². The van der Waals surface area contributed by atoms with Gasteiger partial charge in [0.2, 0.25) is 11.8 Å². The molecule has 0 bridgehead atoms. The summed E-state index contributed by atoms with van der Waals surface area (Å²) in [5, 5.41) is 11.2. The van der Waals surface area contributed by atoms with Crippen molar-refractivity contribution in [3.05, 3.63) is 44.4 Å². The number of imide groups is 1. The Morgan fingerprint density at radius 3 is 2.24 bits per heavy atom. The van der Waals surface area contributed by atoms with Crippen molar-refractivity contribution in [3.63, 3.8) is 0 Å². The quantitative estimate of drug-likeness (QED) is 0.258. The number of alkyl halides is 2. The molecule has 0 saturated carbocycles. The van der Waals surface area contributed by atoms with Crippen LogP contribution in [0.4, 0.5) is 0 Å². The van der Waals surface area contributed by atoms with E-state index < -0.39 is 27.2 Å². The van der Waals surface area contributed by atoms with Crippen LogP contribution >= 0.6 is 39.1 Å². The molecule has 0 aliphatic carbocycles. The summed E-state index contributed by atoms with van der Waals surface area (Å²) in [6.45, 7) is 0. The first kappa shape index (κ1) is 16.2. The van der Waals surface area contributed by atoms with Crippen molar-refractivity contribution in [2.24, 2.45) is 0 Å². The van der Waals surface area contributed by atoms with E-state index in [0.29, 0.717) is 10.0 Å². The van der Waals surface area contributed by atoms with E-state index in [1.165, 1.54) is 6.07 Å². The minimum Gasteiger partial charge on any atom is -0.274 e. The Balaban J connectivity index is 2.61. The fraction of sp³-hybridized carbons (Fsp3) is 0.333. The Bertz CT molecular complexity index is 607. The number of carbonyl (C=O) groups is 2. The largest absolute Gasteiger partial charge is 0.395 e. The van der Waals surface area contributed by atoms with Crippen LogP contribution in [0.15, 0.2) is 28.7 Å². The lowest BCUT2D eigenvalue weighted by atomic mass is 10.0. The Labute approximate surface area is 138 Å². The highest BCUT2D eigenvalue weighted by Crippen LogP contribution is 2.44. The van der Waals surface area contributed by atoms with E-state index in [9.17, 15) is 19.7 Å². The number of hydrogen-bond donors (Lipinski definition) is 0. The Hall–Kier alpha value is -1.18. The molecule has 2 rings (SSSR count). The molecule has 21 heavy (non-hydrogen) atoms. The normalized spacial score (nSPS) is 17.2. The molecule has 0 spiro atoms.